The highest BCUT2D eigenvalue weighted by Crippen LogP contribution is 2.29. The summed E-state index contributed by atoms with van der Waals surface area (Å²) in [5.74, 6) is 0.520. The van der Waals surface area contributed by atoms with Crippen LogP contribution in [0, 0.1) is 12.7 Å². The zero-order valence-corrected chi connectivity index (χ0v) is 11.4. The van der Waals surface area contributed by atoms with E-state index in [2.05, 4.69) is 0 Å². The Morgan fingerprint density at radius 2 is 2.16 bits per heavy atom. The smallest absolute Gasteiger partial charge is 0.126 e. The molecule has 0 fully saturated rings. The van der Waals surface area contributed by atoms with Gasteiger partial charge in [-0.3, -0.25) is 0 Å². The number of aliphatic hydroxyl groups excluding tert-OH is 1. The molecule has 0 spiro atoms. The molecule has 2 rings (SSSR count). The van der Waals surface area contributed by atoms with Crippen molar-refractivity contribution in [3.05, 3.63) is 53.2 Å². The quantitative estimate of drug-likeness (QED) is 0.918. The molecule has 0 aliphatic rings. The maximum atomic E-state index is 13.6. The first-order chi connectivity index (χ1) is 8.99. The zero-order valence-electron chi connectivity index (χ0n) is 11.4. The predicted octanol–water partition coefficient (Wildman–Crippen LogP) is 3.42. The van der Waals surface area contributed by atoms with E-state index in [4.69, 9.17) is 4.42 Å². The number of nitrogens with zero attached hydrogens (tertiary/aromatic N) is 1. The number of aryl methyl sites for hydroxylation is 1. The lowest BCUT2D eigenvalue weighted by Crippen LogP contribution is -2.19. The second-order valence-electron chi connectivity index (χ2n) is 4.77. The monoisotopic (exact) mass is 263 g/mol. The van der Waals surface area contributed by atoms with Crippen molar-refractivity contribution in [2.75, 3.05) is 11.9 Å². The summed E-state index contributed by atoms with van der Waals surface area (Å²) in [6.45, 7) is 3.91. The van der Waals surface area contributed by atoms with Crippen molar-refractivity contribution >= 4 is 5.69 Å². The molecule has 2 aromatic rings. The number of furan rings is 1. The molecule has 102 valence electrons. The van der Waals surface area contributed by atoms with Gasteiger partial charge in [-0.15, -0.1) is 0 Å². The summed E-state index contributed by atoms with van der Waals surface area (Å²) in [5, 5.41) is 9.78. The van der Waals surface area contributed by atoms with Gasteiger partial charge in [0.15, 0.2) is 0 Å². The molecule has 1 aromatic carbocycles. The van der Waals surface area contributed by atoms with Crippen LogP contribution in [-0.4, -0.2) is 12.2 Å². The molecular weight excluding hydrogens is 245 g/mol. The van der Waals surface area contributed by atoms with Crippen LogP contribution in [0.4, 0.5) is 10.1 Å². The second kappa shape index (κ2) is 5.45. The number of halogens is 1. The summed E-state index contributed by atoms with van der Waals surface area (Å²) < 4.78 is 18.9. The van der Waals surface area contributed by atoms with E-state index in [1.54, 1.807) is 26.2 Å². The molecular formula is C15H18FNO2. The summed E-state index contributed by atoms with van der Waals surface area (Å²) >= 11 is 0. The summed E-state index contributed by atoms with van der Waals surface area (Å²) in [7, 11) is 1.89. The van der Waals surface area contributed by atoms with Gasteiger partial charge in [-0.05, 0) is 43.7 Å². The molecule has 0 bridgehead atoms. The molecule has 0 saturated carbocycles. The Balaban J connectivity index is 2.34. The van der Waals surface area contributed by atoms with Crippen LogP contribution in [-0.2, 0) is 6.54 Å². The predicted molar refractivity (Wildman–Crippen MR) is 72.6 cm³/mol. The lowest BCUT2D eigenvalue weighted by atomic mass is 10.0. The van der Waals surface area contributed by atoms with Gasteiger partial charge in [0.25, 0.3) is 0 Å². The van der Waals surface area contributed by atoms with Crippen LogP contribution in [0.5, 0.6) is 0 Å². The highest BCUT2D eigenvalue weighted by molar-refractivity contribution is 5.56. The van der Waals surface area contributed by atoms with Crippen LogP contribution in [0.2, 0.25) is 0 Å². The van der Waals surface area contributed by atoms with Gasteiger partial charge in [0.2, 0.25) is 0 Å². The standard InChI is InChI=1S/C15H18FNO2/c1-10-7-15(13(11(2)18)8-14(10)16)17(3)9-12-5-4-6-19-12/h4-8,11,18H,9H2,1-3H3/t11-/m0/s1. The van der Waals surface area contributed by atoms with Crippen molar-refractivity contribution in [3.8, 4) is 0 Å². The van der Waals surface area contributed by atoms with E-state index >= 15 is 0 Å². The lowest BCUT2D eigenvalue weighted by molar-refractivity contribution is 0.199. The minimum absolute atomic E-state index is 0.300. The lowest BCUT2D eigenvalue weighted by Gasteiger charge is -2.23. The Kier molecular flexibility index (Phi) is 3.90. The first kappa shape index (κ1) is 13.6. The van der Waals surface area contributed by atoms with E-state index in [1.165, 1.54) is 6.07 Å². The number of anilines is 1. The maximum Gasteiger partial charge on any atom is 0.126 e. The minimum atomic E-state index is -0.718. The van der Waals surface area contributed by atoms with Crippen molar-refractivity contribution < 1.29 is 13.9 Å². The average molecular weight is 263 g/mol. The molecule has 0 saturated heterocycles. The van der Waals surface area contributed by atoms with Crippen molar-refractivity contribution in [1.29, 1.82) is 0 Å². The van der Waals surface area contributed by atoms with Gasteiger partial charge >= 0.3 is 0 Å². The third kappa shape index (κ3) is 2.96. The van der Waals surface area contributed by atoms with E-state index < -0.39 is 6.10 Å². The van der Waals surface area contributed by atoms with Gasteiger partial charge in [0, 0.05) is 18.3 Å². The third-order valence-electron chi connectivity index (χ3n) is 3.14. The van der Waals surface area contributed by atoms with Crippen LogP contribution in [0.15, 0.2) is 34.9 Å². The fourth-order valence-corrected chi connectivity index (χ4v) is 2.07. The summed E-state index contributed by atoms with van der Waals surface area (Å²) in [6, 6.07) is 6.86. The molecule has 1 aromatic heterocycles. The maximum absolute atomic E-state index is 13.6. The molecule has 1 atom stereocenters. The Labute approximate surface area is 112 Å². The van der Waals surface area contributed by atoms with Crippen molar-refractivity contribution in [2.45, 2.75) is 26.5 Å². The van der Waals surface area contributed by atoms with Crippen molar-refractivity contribution in [1.82, 2.24) is 0 Å². The van der Waals surface area contributed by atoms with E-state index in [0.29, 0.717) is 17.7 Å². The van der Waals surface area contributed by atoms with Crippen molar-refractivity contribution in [2.24, 2.45) is 0 Å². The van der Waals surface area contributed by atoms with E-state index in [1.807, 2.05) is 24.1 Å². The first-order valence-electron chi connectivity index (χ1n) is 6.20. The molecule has 0 aliphatic heterocycles. The number of hydrogen-bond acceptors (Lipinski definition) is 3. The van der Waals surface area contributed by atoms with Crippen LogP contribution in [0.25, 0.3) is 0 Å². The fourth-order valence-electron chi connectivity index (χ4n) is 2.07. The normalized spacial score (nSPS) is 12.5. The molecule has 0 amide bonds. The zero-order chi connectivity index (χ0) is 14.0. The molecule has 1 N–H and O–H groups in total. The fraction of sp³-hybridized carbons (Fsp3) is 0.333. The van der Waals surface area contributed by atoms with Gasteiger partial charge < -0.3 is 14.4 Å². The Hall–Kier alpha value is -1.81. The molecule has 0 aliphatic carbocycles. The number of benzene rings is 1. The average Bonchev–Trinajstić information content (AvgIpc) is 2.84. The number of rotatable bonds is 4. The number of aliphatic hydroxyl groups is 1. The third-order valence-corrected chi connectivity index (χ3v) is 3.14. The van der Waals surface area contributed by atoms with Crippen LogP contribution >= 0.6 is 0 Å². The van der Waals surface area contributed by atoms with Gasteiger partial charge in [-0.1, -0.05) is 0 Å². The van der Waals surface area contributed by atoms with Crippen molar-refractivity contribution in [3.63, 3.8) is 0 Å². The molecule has 19 heavy (non-hydrogen) atoms. The molecule has 3 nitrogen and oxygen atoms in total. The van der Waals surface area contributed by atoms with Gasteiger partial charge in [0.1, 0.15) is 11.6 Å². The molecule has 0 radical (unpaired) electrons. The Morgan fingerprint density at radius 3 is 2.74 bits per heavy atom. The van der Waals surface area contributed by atoms with Gasteiger partial charge in [0.05, 0.1) is 18.9 Å². The Morgan fingerprint density at radius 1 is 1.42 bits per heavy atom. The largest absolute Gasteiger partial charge is 0.467 e. The van der Waals surface area contributed by atoms with Crippen LogP contribution in [0.1, 0.15) is 29.9 Å². The summed E-state index contributed by atoms with van der Waals surface area (Å²) in [5.41, 5.74) is 1.95. The second-order valence-corrected chi connectivity index (χ2v) is 4.77. The summed E-state index contributed by atoms with van der Waals surface area (Å²) in [4.78, 5) is 1.94. The molecule has 1 heterocycles. The van der Waals surface area contributed by atoms with Crippen LogP contribution < -0.4 is 4.90 Å². The first-order valence-corrected chi connectivity index (χ1v) is 6.20. The highest BCUT2D eigenvalue weighted by Gasteiger charge is 2.15. The highest BCUT2D eigenvalue weighted by atomic mass is 19.1. The van der Waals surface area contributed by atoms with Gasteiger partial charge in [-0.2, -0.15) is 0 Å². The van der Waals surface area contributed by atoms with E-state index in [-0.39, 0.29) is 5.82 Å². The van der Waals surface area contributed by atoms with Gasteiger partial charge in [-0.25, -0.2) is 4.39 Å². The minimum Gasteiger partial charge on any atom is -0.467 e. The molecule has 0 unspecified atom stereocenters. The van der Waals surface area contributed by atoms with E-state index in [9.17, 15) is 9.50 Å². The SMILES string of the molecule is Cc1cc(N(C)Cc2ccco2)c([C@H](C)O)cc1F. The number of hydrogen-bond donors (Lipinski definition) is 1. The summed E-state index contributed by atoms with van der Waals surface area (Å²) in [6.07, 6.45) is 0.901. The van der Waals surface area contributed by atoms with E-state index in [0.717, 1.165) is 11.4 Å². The van der Waals surface area contributed by atoms with Crippen LogP contribution in [0.3, 0.4) is 0 Å². The topological polar surface area (TPSA) is 36.6 Å². The molecule has 4 heteroatoms. The Bertz CT molecular complexity index is 550.